The van der Waals surface area contributed by atoms with Gasteiger partial charge in [0.25, 0.3) is 0 Å². The summed E-state index contributed by atoms with van der Waals surface area (Å²) in [5.41, 5.74) is 1.40. The fourth-order valence-electron chi connectivity index (χ4n) is 2.89. The van der Waals surface area contributed by atoms with E-state index in [1.165, 1.54) is 73.7 Å². The van der Waals surface area contributed by atoms with E-state index in [0.29, 0.717) is 0 Å². The molecular formula is C15H25N3S. The minimum absolute atomic E-state index is 0.767. The molecule has 1 saturated heterocycles. The van der Waals surface area contributed by atoms with Crippen molar-refractivity contribution in [2.75, 3.05) is 25.0 Å². The van der Waals surface area contributed by atoms with Gasteiger partial charge in [-0.25, -0.2) is 4.98 Å². The summed E-state index contributed by atoms with van der Waals surface area (Å²) >= 11 is 1.93. The number of hydrogen-bond acceptors (Lipinski definition) is 4. The van der Waals surface area contributed by atoms with E-state index in [2.05, 4.69) is 10.2 Å². The lowest BCUT2D eigenvalue weighted by Gasteiger charge is -2.23. The highest BCUT2D eigenvalue weighted by atomic mass is 32.1. The predicted octanol–water partition coefficient (Wildman–Crippen LogP) is 3.51. The van der Waals surface area contributed by atoms with E-state index in [0.717, 1.165) is 12.5 Å². The molecule has 1 saturated carbocycles. The summed E-state index contributed by atoms with van der Waals surface area (Å²) < 4.78 is 0. The lowest BCUT2D eigenvalue weighted by Crippen LogP contribution is -2.26. The van der Waals surface area contributed by atoms with Gasteiger partial charge in [0.2, 0.25) is 0 Å². The average Bonchev–Trinajstić information content (AvgIpc) is 3.12. The molecule has 0 amide bonds. The molecule has 0 radical (unpaired) electrons. The zero-order valence-corrected chi connectivity index (χ0v) is 12.8. The Morgan fingerprint density at radius 2 is 1.84 bits per heavy atom. The second kappa shape index (κ2) is 6.23. The van der Waals surface area contributed by atoms with Gasteiger partial charge >= 0.3 is 0 Å². The largest absolute Gasteiger partial charge is 0.348 e. The van der Waals surface area contributed by atoms with Crippen LogP contribution in [0.1, 0.15) is 61.4 Å². The molecule has 1 aromatic rings. The monoisotopic (exact) mass is 279 g/mol. The first kappa shape index (κ1) is 13.4. The van der Waals surface area contributed by atoms with Crippen molar-refractivity contribution in [2.24, 2.45) is 0 Å². The average molecular weight is 279 g/mol. The lowest BCUT2D eigenvalue weighted by molar-refractivity contribution is 0.555. The first-order chi connectivity index (χ1) is 9.38. The van der Waals surface area contributed by atoms with Crippen LogP contribution in [0.3, 0.4) is 0 Å². The van der Waals surface area contributed by atoms with Crippen LogP contribution in [0.25, 0.3) is 0 Å². The van der Waals surface area contributed by atoms with Gasteiger partial charge in [0.15, 0.2) is 5.13 Å². The van der Waals surface area contributed by atoms with E-state index in [4.69, 9.17) is 4.98 Å². The van der Waals surface area contributed by atoms with Gasteiger partial charge in [0, 0.05) is 30.4 Å². The molecular weight excluding hydrogens is 254 g/mol. The van der Waals surface area contributed by atoms with Gasteiger partial charge in [0.05, 0.1) is 5.69 Å². The smallest absolute Gasteiger partial charge is 0.185 e. The van der Waals surface area contributed by atoms with Crippen LogP contribution in [-0.4, -0.2) is 25.1 Å². The fraction of sp³-hybridized carbons (Fsp3) is 0.800. The molecule has 2 aliphatic rings. The van der Waals surface area contributed by atoms with Crippen LogP contribution in [0.15, 0.2) is 0 Å². The second-order valence-corrected chi connectivity index (χ2v) is 6.93. The Bertz CT molecular complexity index is 404. The molecule has 106 valence electrons. The number of nitrogens with one attached hydrogen (secondary N) is 1. The maximum absolute atomic E-state index is 4.99. The normalized spacial score (nSPS) is 21.2. The second-order valence-electron chi connectivity index (χ2n) is 5.86. The topological polar surface area (TPSA) is 28.2 Å². The van der Waals surface area contributed by atoms with E-state index in [-0.39, 0.29) is 0 Å². The first-order valence-corrected chi connectivity index (χ1v) is 8.59. The molecule has 1 aliphatic heterocycles. The van der Waals surface area contributed by atoms with Crippen molar-refractivity contribution in [3.05, 3.63) is 10.6 Å². The van der Waals surface area contributed by atoms with Crippen LogP contribution in [0, 0.1) is 0 Å². The van der Waals surface area contributed by atoms with Gasteiger partial charge in [-0.3, -0.25) is 0 Å². The number of hydrogen-bond donors (Lipinski definition) is 1. The minimum atomic E-state index is 0.767. The third-order valence-corrected chi connectivity index (χ3v) is 5.28. The van der Waals surface area contributed by atoms with Crippen molar-refractivity contribution < 1.29 is 0 Å². The summed E-state index contributed by atoms with van der Waals surface area (Å²) in [4.78, 5) is 9.00. The Balaban J connectivity index is 1.76. The molecule has 19 heavy (non-hydrogen) atoms. The van der Waals surface area contributed by atoms with Crippen molar-refractivity contribution in [2.45, 2.75) is 57.4 Å². The number of anilines is 1. The van der Waals surface area contributed by atoms with Crippen LogP contribution in [-0.2, 0) is 6.54 Å². The molecule has 2 heterocycles. The first-order valence-electron chi connectivity index (χ1n) is 7.77. The number of rotatable bonds is 4. The summed E-state index contributed by atoms with van der Waals surface area (Å²) in [7, 11) is 2.03. The molecule has 1 N–H and O–H groups in total. The predicted molar refractivity (Wildman–Crippen MR) is 82.2 cm³/mol. The van der Waals surface area contributed by atoms with Crippen LogP contribution >= 0.6 is 11.3 Å². The Morgan fingerprint density at radius 1 is 1.16 bits per heavy atom. The third kappa shape index (κ3) is 3.29. The SMILES string of the molecule is CNCc1sc(N2CCCCCCC2)nc1C1CC1. The number of thiazole rings is 1. The van der Waals surface area contributed by atoms with Gasteiger partial charge in [-0.1, -0.05) is 19.3 Å². The summed E-state index contributed by atoms with van der Waals surface area (Å²) in [6, 6.07) is 0. The minimum Gasteiger partial charge on any atom is -0.348 e. The van der Waals surface area contributed by atoms with Crippen LogP contribution in [0.5, 0.6) is 0 Å². The zero-order valence-electron chi connectivity index (χ0n) is 12.0. The van der Waals surface area contributed by atoms with Crippen molar-refractivity contribution >= 4 is 16.5 Å². The molecule has 0 bridgehead atoms. The summed E-state index contributed by atoms with van der Waals surface area (Å²) in [6.07, 6.45) is 9.56. The van der Waals surface area contributed by atoms with Gasteiger partial charge in [-0.05, 0) is 32.7 Å². The van der Waals surface area contributed by atoms with E-state index in [1.54, 1.807) is 0 Å². The van der Waals surface area contributed by atoms with Crippen LogP contribution < -0.4 is 10.2 Å². The highest BCUT2D eigenvalue weighted by Crippen LogP contribution is 2.44. The standard InChI is InChI=1S/C15H25N3S/c1-16-11-13-14(12-7-8-12)17-15(19-13)18-9-5-3-2-4-6-10-18/h12,16H,2-11H2,1H3. The van der Waals surface area contributed by atoms with Gasteiger partial charge in [0.1, 0.15) is 0 Å². The highest BCUT2D eigenvalue weighted by molar-refractivity contribution is 7.15. The molecule has 1 aromatic heterocycles. The van der Waals surface area contributed by atoms with Crippen molar-refractivity contribution in [3.63, 3.8) is 0 Å². The molecule has 1 aliphatic carbocycles. The zero-order chi connectivity index (χ0) is 13.1. The van der Waals surface area contributed by atoms with Crippen LogP contribution in [0.4, 0.5) is 5.13 Å². The summed E-state index contributed by atoms with van der Waals surface area (Å²) in [5.74, 6) is 0.767. The lowest BCUT2D eigenvalue weighted by atomic mass is 10.1. The Hall–Kier alpha value is -0.610. The van der Waals surface area contributed by atoms with Gasteiger partial charge < -0.3 is 10.2 Å². The Morgan fingerprint density at radius 3 is 2.47 bits per heavy atom. The maximum Gasteiger partial charge on any atom is 0.185 e. The summed E-state index contributed by atoms with van der Waals surface area (Å²) in [5, 5.41) is 4.58. The Labute approximate surface area is 120 Å². The molecule has 3 rings (SSSR count). The molecule has 4 heteroatoms. The number of nitrogens with zero attached hydrogens (tertiary/aromatic N) is 2. The summed E-state index contributed by atoms with van der Waals surface area (Å²) in [6.45, 7) is 3.39. The van der Waals surface area contributed by atoms with E-state index in [9.17, 15) is 0 Å². The van der Waals surface area contributed by atoms with E-state index < -0.39 is 0 Å². The van der Waals surface area contributed by atoms with Crippen LogP contribution in [0.2, 0.25) is 0 Å². The van der Waals surface area contributed by atoms with E-state index >= 15 is 0 Å². The van der Waals surface area contributed by atoms with Gasteiger partial charge in [-0.15, -0.1) is 11.3 Å². The highest BCUT2D eigenvalue weighted by Gasteiger charge is 2.30. The fourth-order valence-corrected chi connectivity index (χ4v) is 4.10. The van der Waals surface area contributed by atoms with Crippen molar-refractivity contribution in [1.29, 1.82) is 0 Å². The van der Waals surface area contributed by atoms with E-state index in [1.807, 2.05) is 18.4 Å². The Kier molecular flexibility index (Phi) is 4.38. The molecule has 0 atom stereocenters. The molecule has 0 unspecified atom stereocenters. The van der Waals surface area contributed by atoms with Gasteiger partial charge in [-0.2, -0.15) is 0 Å². The quantitative estimate of drug-likeness (QED) is 0.914. The third-order valence-electron chi connectivity index (χ3n) is 4.14. The molecule has 0 spiro atoms. The van der Waals surface area contributed by atoms with Crippen molar-refractivity contribution in [3.8, 4) is 0 Å². The molecule has 2 fully saturated rings. The maximum atomic E-state index is 4.99. The molecule has 0 aromatic carbocycles. The van der Waals surface area contributed by atoms with Crippen molar-refractivity contribution in [1.82, 2.24) is 10.3 Å². The number of aromatic nitrogens is 1. The molecule has 3 nitrogen and oxygen atoms in total.